The molecule has 4 rings (SSSR count). The number of fused-ring (bicyclic) bond motifs is 2. The summed E-state index contributed by atoms with van der Waals surface area (Å²) in [4.78, 5) is 15.1. The van der Waals surface area contributed by atoms with E-state index in [9.17, 15) is 15.0 Å². The Morgan fingerprint density at radius 2 is 1.72 bits per heavy atom. The summed E-state index contributed by atoms with van der Waals surface area (Å²) in [7, 11) is 0. The van der Waals surface area contributed by atoms with Gasteiger partial charge in [-0.2, -0.15) is 0 Å². The summed E-state index contributed by atoms with van der Waals surface area (Å²) in [5, 5.41) is 19.9. The van der Waals surface area contributed by atoms with Gasteiger partial charge in [-0.15, -0.1) is 0 Å². The van der Waals surface area contributed by atoms with E-state index in [1.165, 1.54) is 6.08 Å². The van der Waals surface area contributed by atoms with Crippen molar-refractivity contribution < 1.29 is 20.5 Å². The van der Waals surface area contributed by atoms with E-state index < -0.39 is 17.6 Å². The summed E-state index contributed by atoms with van der Waals surface area (Å²) in [6.07, 6.45) is 1.64. The second-order valence-corrected chi connectivity index (χ2v) is 6.49. The highest BCUT2D eigenvalue weighted by Crippen LogP contribution is 2.48. The van der Waals surface area contributed by atoms with E-state index in [0.29, 0.717) is 6.54 Å². The van der Waals surface area contributed by atoms with E-state index in [2.05, 4.69) is 0 Å². The maximum atomic E-state index is 13.3. The minimum atomic E-state index is -0.941. The predicted octanol–water partition coefficient (Wildman–Crippen LogP) is 1.33. The molecule has 130 valence electrons. The first-order valence-electron chi connectivity index (χ1n) is 8.13. The van der Waals surface area contributed by atoms with E-state index in [0.717, 1.165) is 16.8 Å². The number of carbonyl (C=O) groups is 1. The highest BCUT2D eigenvalue weighted by atomic mass is 16.3. The molecular formula is C20H21NO4. The van der Waals surface area contributed by atoms with Crippen LogP contribution in [-0.4, -0.2) is 33.8 Å². The summed E-state index contributed by atoms with van der Waals surface area (Å²) < 4.78 is 0. The Morgan fingerprint density at radius 3 is 2.44 bits per heavy atom. The van der Waals surface area contributed by atoms with Crippen LogP contribution >= 0.6 is 0 Å². The molecule has 1 amide bonds. The number of carbonyl (C=O) groups excluding carboxylic acids is 1. The second kappa shape index (κ2) is 6.44. The standard InChI is InChI=1S/C20H19NO3.H2O/c22-17-10-11-20(12-18(17)23)15-8-4-5-9-16(15)21(19(20)24)13-14-6-2-1-3-7-14;/h1-11,17-18,22-23H,12-13H2;1H2/t17-,18-,20-;/m1./s1. The van der Waals surface area contributed by atoms with Gasteiger partial charge < -0.3 is 20.6 Å². The van der Waals surface area contributed by atoms with Gasteiger partial charge in [0, 0.05) is 5.69 Å². The first-order chi connectivity index (χ1) is 11.6. The molecule has 3 atom stereocenters. The van der Waals surface area contributed by atoms with Crippen LogP contribution in [0.3, 0.4) is 0 Å². The van der Waals surface area contributed by atoms with Crippen molar-refractivity contribution >= 4 is 11.6 Å². The average molecular weight is 339 g/mol. The highest BCUT2D eigenvalue weighted by Gasteiger charge is 2.52. The first kappa shape index (κ1) is 17.4. The van der Waals surface area contributed by atoms with Gasteiger partial charge >= 0.3 is 0 Å². The van der Waals surface area contributed by atoms with Gasteiger partial charge in [0.25, 0.3) is 0 Å². The van der Waals surface area contributed by atoms with Gasteiger partial charge in [0.2, 0.25) is 5.91 Å². The third-order valence-electron chi connectivity index (χ3n) is 4.99. The molecule has 0 bridgehead atoms. The molecule has 2 aromatic carbocycles. The Labute approximate surface area is 146 Å². The maximum Gasteiger partial charge on any atom is 0.241 e. The lowest BCUT2D eigenvalue weighted by molar-refractivity contribution is -0.123. The Bertz CT molecular complexity index is 804. The average Bonchev–Trinajstić information content (AvgIpc) is 2.83. The number of aliphatic hydroxyl groups excluding tert-OH is 2. The summed E-state index contributed by atoms with van der Waals surface area (Å²) in [5.41, 5.74) is 1.94. The Kier molecular flexibility index (Phi) is 4.47. The number of rotatable bonds is 2. The largest absolute Gasteiger partial charge is 0.412 e. The highest BCUT2D eigenvalue weighted by molar-refractivity contribution is 6.09. The SMILES string of the molecule is O.O=C1N(Cc2ccccc2)c2ccccc2[C@]12C=C[C@@H](O)[C@H](O)C2. The lowest BCUT2D eigenvalue weighted by atomic mass is 9.72. The van der Waals surface area contributed by atoms with Crippen molar-refractivity contribution in [2.45, 2.75) is 30.6 Å². The van der Waals surface area contributed by atoms with Gasteiger partial charge in [-0.1, -0.05) is 60.7 Å². The predicted molar refractivity (Wildman–Crippen MR) is 95.1 cm³/mol. The number of nitrogens with zero attached hydrogens (tertiary/aromatic N) is 1. The number of hydrogen-bond donors (Lipinski definition) is 2. The minimum Gasteiger partial charge on any atom is -0.412 e. The summed E-state index contributed by atoms with van der Waals surface area (Å²) in [6.45, 7) is 0.491. The van der Waals surface area contributed by atoms with Crippen molar-refractivity contribution in [3.63, 3.8) is 0 Å². The first-order valence-corrected chi connectivity index (χ1v) is 8.13. The molecule has 0 fully saturated rings. The molecule has 5 nitrogen and oxygen atoms in total. The molecule has 1 spiro atoms. The van der Waals surface area contributed by atoms with Gasteiger partial charge in [-0.3, -0.25) is 4.79 Å². The molecule has 0 unspecified atom stereocenters. The van der Waals surface area contributed by atoms with Gasteiger partial charge in [-0.25, -0.2) is 0 Å². The Morgan fingerprint density at radius 1 is 1.04 bits per heavy atom. The Balaban J connectivity index is 0.00000182. The number of amides is 1. The molecule has 0 saturated heterocycles. The van der Waals surface area contributed by atoms with E-state index in [-0.39, 0.29) is 17.8 Å². The zero-order valence-electron chi connectivity index (χ0n) is 13.7. The van der Waals surface area contributed by atoms with Crippen molar-refractivity contribution in [1.82, 2.24) is 0 Å². The number of anilines is 1. The van der Waals surface area contributed by atoms with Crippen molar-refractivity contribution in [2.75, 3.05) is 4.90 Å². The number of benzene rings is 2. The van der Waals surface area contributed by atoms with Crippen LogP contribution < -0.4 is 4.90 Å². The van der Waals surface area contributed by atoms with Gasteiger partial charge in [0.05, 0.1) is 24.2 Å². The fourth-order valence-corrected chi connectivity index (χ4v) is 3.74. The Hall–Kier alpha value is -2.47. The molecule has 0 radical (unpaired) electrons. The fraction of sp³-hybridized carbons (Fsp3) is 0.250. The van der Waals surface area contributed by atoms with Crippen LogP contribution in [0.25, 0.3) is 0 Å². The van der Waals surface area contributed by atoms with Crippen LogP contribution in [0, 0.1) is 0 Å². The van der Waals surface area contributed by atoms with Crippen LogP contribution in [0.2, 0.25) is 0 Å². The van der Waals surface area contributed by atoms with Crippen molar-refractivity contribution in [1.29, 1.82) is 0 Å². The topological polar surface area (TPSA) is 92.3 Å². The van der Waals surface area contributed by atoms with Crippen LogP contribution in [0.4, 0.5) is 5.69 Å². The second-order valence-electron chi connectivity index (χ2n) is 6.49. The smallest absolute Gasteiger partial charge is 0.241 e. The normalized spacial score (nSPS) is 27.3. The van der Waals surface area contributed by atoms with Crippen molar-refractivity contribution in [3.05, 3.63) is 77.9 Å². The van der Waals surface area contributed by atoms with E-state index in [4.69, 9.17) is 0 Å². The van der Waals surface area contributed by atoms with E-state index in [1.807, 2.05) is 54.6 Å². The fourth-order valence-electron chi connectivity index (χ4n) is 3.74. The van der Waals surface area contributed by atoms with Crippen LogP contribution in [0.1, 0.15) is 17.5 Å². The molecule has 25 heavy (non-hydrogen) atoms. The molecule has 0 aromatic heterocycles. The van der Waals surface area contributed by atoms with Crippen molar-refractivity contribution in [3.8, 4) is 0 Å². The number of para-hydroxylation sites is 1. The third-order valence-corrected chi connectivity index (χ3v) is 4.99. The zero-order valence-corrected chi connectivity index (χ0v) is 13.7. The molecule has 0 saturated carbocycles. The quantitative estimate of drug-likeness (QED) is 0.809. The molecule has 2 aliphatic rings. The van der Waals surface area contributed by atoms with E-state index in [1.54, 1.807) is 11.0 Å². The molecule has 1 heterocycles. The summed E-state index contributed by atoms with van der Waals surface area (Å²) in [6, 6.07) is 17.6. The molecular weight excluding hydrogens is 318 g/mol. The molecule has 4 N–H and O–H groups in total. The van der Waals surface area contributed by atoms with Crippen LogP contribution in [0.15, 0.2) is 66.7 Å². The van der Waals surface area contributed by atoms with Crippen LogP contribution in [-0.2, 0) is 16.8 Å². The van der Waals surface area contributed by atoms with E-state index >= 15 is 0 Å². The third kappa shape index (κ3) is 2.66. The molecule has 1 aliphatic carbocycles. The number of hydrogen-bond acceptors (Lipinski definition) is 3. The lowest BCUT2D eigenvalue weighted by Gasteiger charge is -2.33. The van der Waals surface area contributed by atoms with Gasteiger partial charge in [0.15, 0.2) is 0 Å². The molecule has 1 aliphatic heterocycles. The molecule has 2 aromatic rings. The monoisotopic (exact) mass is 339 g/mol. The minimum absolute atomic E-state index is 0. The zero-order chi connectivity index (χ0) is 16.7. The van der Waals surface area contributed by atoms with Crippen molar-refractivity contribution in [2.24, 2.45) is 0 Å². The maximum absolute atomic E-state index is 13.3. The van der Waals surface area contributed by atoms with Gasteiger partial charge in [-0.05, 0) is 23.6 Å². The van der Waals surface area contributed by atoms with Gasteiger partial charge in [0.1, 0.15) is 0 Å². The van der Waals surface area contributed by atoms with Crippen LogP contribution in [0.5, 0.6) is 0 Å². The summed E-state index contributed by atoms with van der Waals surface area (Å²) in [5.74, 6) is -0.0465. The summed E-state index contributed by atoms with van der Waals surface area (Å²) >= 11 is 0. The molecule has 5 heteroatoms. The number of aliphatic hydroxyl groups is 2. The lowest BCUT2D eigenvalue weighted by Crippen LogP contribution is -2.45.